The topological polar surface area (TPSA) is 111 Å². The maximum Gasteiger partial charge on any atom is 0.243 e. The smallest absolute Gasteiger partial charge is 0.243 e. The van der Waals surface area contributed by atoms with Crippen LogP contribution in [0.4, 0.5) is 0 Å². The molecule has 0 saturated carbocycles. The number of hydrogen-bond acceptors (Lipinski definition) is 5. The van der Waals surface area contributed by atoms with Gasteiger partial charge in [-0.2, -0.15) is 0 Å². The predicted octanol–water partition coefficient (Wildman–Crippen LogP) is -0.106. The van der Waals surface area contributed by atoms with Crippen molar-refractivity contribution in [2.75, 3.05) is 19.4 Å². The molecule has 0 bridgehead atoms. The summed E-state index contributed by atoms with van der Waals surface area (Å²) < 4.78 is 5.07. The number of carbonyl (C=O) groups is 3. The Hall–Kier alpha value is -2.22. The Morgan fingerprint density at radius 1 is 1.27 bits per heavy atom. The van der Waals surface area contributed by atoms with Crippen molar-refractivity contribution >= 4 is 29.5 Å². The fraction of sp³-hybridized carbons (Fsp3) is 0.357. The van der Waals surface area contributed by atoms with Gasteiger partial charge in [0.25, 0.3) is 0 Å². The van der Waals surface area contributed by atoms with Gasteiger partial charge in [-0.05, 0) is 24.3 Å². The maximum absolute atomic E-state index is 11.9. The Kier molecular flexibility index (Phi) is 7.24. The summed E-state index contributed by atoms with van der Waals surface area (Å²) in [6, 6.07) is 6.58. The van der Waals surface area contributed by atoms with Crippen molar-refractivity contribution in [1.29, 1.82) is 0 Å². The second-order valence-corrected chi connectivity index (χ2v) is 5.52. The van der Waals surface area contributed by atoms with Gasteiger partial charge in [0.2, 0.25) is 17.7 Å². The van der Waals surface area contributed by atoms with E-state index in [4.69, 9.17) is 10.5 Å². The number of amides is 3. The van der Waals surface area contributed by atoms with Crippen LogP contribution in [-0.4, -0.2) is 43.2 Å². The van der Waals surface area contributed by atoms with Crippen LogP contribution >= 0.6 is 11.8 Å². The molecule has 0 aliphatic carbocycles. The van der Waals surface area contributed by atoms with E-state index in [-0.39, 0.29) is 12.5 Å². The van der Waals surface area contributed by atoms with Crippen molar-refractivity contribution in [3.63, 3.8) is 0 Å². The molecule has 8 heteroatoms. The van der Waals surface area contributed by atoms with Crippen molar-refractivity contribution in [2.45, 2.75) is 17.9 Å². The summed E-state index contributed by atoms with van der Waals surface area (Å²) in [5, 5.41) is 4.93. The Bertz CT molecular complexity index is 533. The molecule has 4 N–H and O–H groups in total. The van der Waals surface area contributed by atoms with E-state index < -0.39 is 17.9 Å². The molecule has 0 aromatic heterocycles. The zero-order chi connectivity index (χ0) is 16.5. The van der Waals surface area contributed by atoms with Crippen LogP contribution in [0.3, 0.4) is 0 Å². The minimum absolute atomic E-state index is 0.262. The van der Waals surface area contributed by atoms with E-state index in [1.165, 1.54) is 18.7 Å². The molecular formula is C14H19N3O4S. The van der Waals surface area contributed by atoms with Crippen molar-refractivity contribution in [2.24, 2.45) is 5.73 Å². The van der Waals surface area contributed by atoms with Crippen LogP contribution in [0.2, 0.25) is 0 Å². The number of hydrogen-bond donors (Lipinski definition) is 3. The number of ether oxygens (including phenoxy) is 1. The maximum atomic E-state index is 11.9. The van der Waals surface area contributed by atoms with Gasteiger partial charge in [-0.15, -0.1) is 11.8 Å². The minimum Gasteiger partial charge on any atom is -0.497 e. The lowest BCUT2D eigenvalue weighted by Gasteiger charge is -2.16. The SMILES string of the molecule is COc1ccc(SCC(NC(C)=O)C(=O)NCC(N)=O)cc1. The summed E-state index contributed by atoms with van der Waals surface area (Å²) in [6.45, 7) is 1.06. The quantitative estimate of drug-likeness (QED) is 0.578. The van der Waals surface area contributed by atoms with Gasteiger partial charge in [0.1, 0.15) is 11.8 Å². The summed E-state index contributed by atoms with van der Waals surface area (Å²) >= 11 is 1.40. The second-order valence-electron chi connectivity index (χ2n) is 4.42. The number of thioether (sulfide) groups is 1. The monoisotopic (exact) mass is 325 g/mol. The van der Waals surface area contributed by atoms with E-state index in [1.807, 2.05) is 24.3 Å². The average Bonchev–Trinajstić information content (AvgIpc) is 2.49. The number of carbonyl (C=O) groups excluding carboxylic acids is 3. The molecule has 0 aliphatic rings. The molecule has 0 aliphatic heterocycles. The van der Waals surface area contributed by atoms with Crippen LogP contribution in [-0.2, 0) is 14.4 Å². The lowest BCUT2D eigenvalue weighted by Crippen LogP contribution is -2.49. The number of nitrogens with two attached hydrogens (primary N) is 1. The molecule has 120 valence electrons. The van der Waals surface area contributed by atoms with Gasteiger partial charge in [0.15, 0.2) is 0 Å². The summed E-state index contributed by atoms with van der Waals surface area (Å²) in [6.07, 6.45) is 0. The van der Waals surface area contributed by atoms with Gasteiger partial charge in [-0.3, -0.25) is 14.4 Å². The third-order valence-electron chi connectivity index (χ3n) is 2.61. The number of benzene rings is 1. The zero-order valence-corrected chi connectivity index (χ0v) is 13.2. The number of rotatable bonds is 8. The highest BCUT2D eigenvalue weighted by molar-refractivity contribution is 7.99. The van der Waals surface area contributed by atoms with Crippen LogP contribution in [0.5, 0.6) is 5.75 Å². The van der Waals surface area contributed by atoms with Crippen LogP contribution in [0.15, 0.2) is 29.2 Å². The van der Waals surface area contributed by atoms with Crippen LogP contribution < -0.4 is 21.1 Å². The fourth-order valence-electron chi connectivity index (χ4n) is 1.58. The summed E-state index contributed by atoms with van der Waals surface area (Å²) in [5.74, 6) is -0.347. The first kappa shape index (κ1) is 17.8. The first-order valence-corrected chi connectivity index (χ1v) is 7.51. The lowest BCUT2D eigenvalue weighted by molar-refractivity contribution is -0.128. The molecule has 0 saturated heterocycles. The van der Waals surface area contributed by atoms with Crippen molar-refractivity contribution < 1.29 is 19.1 Å². The van der Waals surface area contributed by atoms with E-state index in [2.05, 4.69) is 10.6 Å². The third-order valence-corrected chi connectivity index (χ3v) is 3.71. The highest BCUT2D eigenvalue weighted by Gasteiger charge is 2.19. The molecule has 0 heterocycles. The molecule has 0 radical (unpaired) electrons. The Balaban J connectivity index is 2.61. The van der Waals surface area contributed by atoms with Crippen molar-refractivity contribution in [3.05, 3.63) is 24.3 Å². The first-order chi connectivity index (χ1) is 10.4. The first-order valence-electron chi connectivity index (χ1n) is 6.52. The molecular weight excluding hydrogens is 306 g/mol. The molecule has 1 aromatic carbocycles. The van der Waals surface area contributed by atoms with Gasteiger partial charge < -0.3 is 21.1 Å². The van der Waals surface area contributed by atoms with E-state index in [0.717, 1.165) is 10.6 Å². The summed E-state index contributed by atoms with van der Waals surface area (Å²) in [5.41, 5.74) is 4.98. The molecule has 3 amide bonds. The third kappa shape index (κ3) is 6.49. The molecule has 1 aromatic rings. The van der Waals surface area contributed by atoms with Gasteiger partial charge in [-0.25, -0.2) is 0 Å². The Morgan fingerprint density at radius 2 is 1.91 bits per heavy atom. The van der Waals surface area contributed by atoms with Crippen LogP contribution in [0, 0.1) is 0 Å². The van der Waals surface area contributed by atoms with Gasteiger partial charge in [-0.1, -0.05) is 0 Å². The van der Waals surface area contributed by atoms with E-state index in [0.29, 0.717) is 5.75 Å². The standard InChI is InChI=1S/C14H19N3O4S/c1-9(18)17-12(14(20)16-7-13(15)19)8-22-11-5-3-10(21-2)4-6-11/h3-6,12H,7-8H2,1-2H3,(H2,15,19)(H,16,20)(H,17,18). The largest absolute Gasteiger partial charge is 0.497 e. The Morgan fingerprint density at radius 3 is 2.41 bits per heavy atom. The highest BCUT2D eigenvalue weighted by atomic mass is 32.2. The Labute approximate surface area is 133 Å². The van der Waals surface area contributed by atoms with Crippen molar-refractivity contribution in [1.82, 2.24) is 10.6 Å². The molecule has 1 unspecified atom stereocenters. The van der Waals surface area contributed by atoms with Gasteiger partial charge in [0, 0.05) is 17.6 Å². The van der Waals surface area contributed by atoms with Gasteiger partial charge in [0.05, 0.1) is 13.7 Å². The zero-order valence-electron chi connectivity index (χ0n) is 12.4. The fourth-order valence-corrected chi connectivity index (χ4v) is 2.50. The molecule has 22 heavy (non-hydrogen) atoms. The van der Waals surface area contributed by atoms with E-state index in [1.54, 1.807) is 7.11 Å². The molecule has 1 atom stereocenters. The lowest BCUT2D eigenvalue weighted by atomic mass is 10.3. The van der Waals surface area contributed by atoms with Crippen molar-refractivity contribution in [3.8, 4) is 5.75 Å². The molecule has 0 spiro atoms. The molecule has 0 fully saturated rings. The predicted molar refractivity (Wildman–Crippen MR) is 83.5 cm³/mol. The normalized spacial score (nSPS) is 11.4. The number of methoxy groups -OCH3 is 1. The molecule has 7 nitrogen and oxygen atoms in total. The second kappa shape index (κ2) is 8.93. The van der Waals surface area contributed by atoms with Crippen LogP contribution in [0.25, 0.3) is 0 Å². The number of nitrogens with one attached hydrogen (secondary N) is 2. The van der Waals surface area contributed by atoms with E-state index >= 15 is 0 Å². The van der Waals surface area contributed by atoms with Gasteiger partial charge >= 0.3 is 0 Å². The summed E-state index contributed by atoms with van der Waals surface area (Å²) in [7, 11) is 1.58. The molecule has 1 rings (SSSR count). The highest BCUT2D eigenvalue weighted by Crippen LogP contribution is 2.21. The summed E-state index contributed by atoms with van der Waals surface area (Å²) in [4.78, 5) is 34.7. The van der Waals surface area contributed by atoms with Crippen LogP contribution in [0.1, 0.15) is 6.92 Å². The van der Waals surface area contributed by atoms with E-state index in [9.17, 15) is 14.4 Å². The number of primary amides is 1. The minimum atomic E-state index is -0.746. The average molecular weight is 325 g/mol.